The standard InChI is InChI=1S/C21H28N2O4/c1-23(15-16-8-6-5-7-9-16)11-10-22-20(24)14-17-12-18(25-2)21(27-4)19(13-17)26-3/h5-9,12-13H,10-11,14-15H2,1-4H3,(H,22,24). The lowest BCUT2D eigenvalue weighted by Gasteiger charge is -2.17. The van der Waals surface area contributed by atoms with E-state index in [9.17, 15) is 4.79 Å². The lowest BCUT2D eigenvalue weighted by atomic mass is 10.1. The first-order chi connectivity index (χ1) is 13.1. The second kappa shape index (κ2) is 10.4. The average Bonchev–Trinajstić information content (AvgIpc) is 2.67. The Morgan fingerprint density at radius 1 is 0.963 bits per heavy atom. The minimum Gasteiger partial charge on any atom is -0.493 e. The molecule has 0 radical (unpaired) electrons. The van der Waals surface area contributed by atoms with Gasteiger partial charge in [0.2, 0.25) is 11.7 Å². The Bertz CT molecular complexity index is 709. The predicted molar refractivity (Wildman–Crippen MR) is 106 cm³/mol. The predicted octanol–water partition coefficient (Wildman–Crippen LogP) is 2.50. The molecule has 0 aliphatic heterocycles. The molecule has 0 aliphatic carbocycles. The Kier molecular flexibility index (Phi) is 7.95. The highest BCUT2D eigenvalue weighted by Gasteiger charge is 2.14. The van der Waals surface area contributed by atoms with Gasteiger partial charge in [-0.2, -0.15) is 0 Å². The minimum absolute atomic E-state index is 0.0441. The molecule has 0 saturated carbocycles. The largest absolute Gasteiger partial charge is 0.493 e. The highest BCUT2D eigenvalue weighted by atomic mass is 16.5. The number of rotatable bonds is 10. The van der Waals surface area contributed by atoms with E-state index in [1.807, 2.05) is 25.2 Å². The van der Waals surface area contributed by atoms with Crippen LogP contribution < -0.4 is 19.5 Å². The Labute approximate surface area is 161 Å². The molecule has 27 heavy (non-hydrogen) atoms. The summed E-state index contributed by atoms with van der Waals surface area (Å²) in [6.45, 7) is 2.21. The van der Waals surface area contributed by atoms with Crippen LogP contribution in [0, 0.1) is 0 Å². The van der Waals surface area contributed by atoms with Crippen LogP contribution >= 0.6 is 0 Å². The molecule has 2 aromatic carbocycles. The number of likely N-dealkylation sites (N-methyl/N-ethyl adjacent to an activating group) is 1. The van der Waals surface area contributed by atoms with Crippen molar-refractivity contribution in [3.05, 3.63) is 53.6 Å². The summed E-state index contributed by atoms with van der Waals surface area (Å²) in [6, 6.07) is 13.8. The first-order valence-corrected chi connectivity index (χ1v) is 8.85. The van der Waals surface area contributed by atoms with Crippen molar-refractivity contribution in [3.63, 3.8) is 0 Å². The smallest absolute Gasteiger partial charge is 0.224 e. The lowest BCUT2D eigenvalue weighted by molar-refractivity contribution is -0.120. The average molecular weight is 372 g/mol. The fraction of sp³-hybridized carbons (Fsp3) is 0.381. The van der Waals surface area contributed by atoms with E-state index in [0.717, 1.165) is 18.7 Å². The van der Waals surface area contributed by atoms with E-state index in [4.69, 9.17) is 14.2 Å². The van der Waals surface area contributed by atoms with E-state index in [2.05, 4.69) is 22.3 Å². The number of amides is 1. The molecule has 0 heterocycles. The summed E-state index contributed by atoms with van der Waals surface area (Å²) in [5.74, 6) is 1.56. The summed E-state index contributed by atoms with van der Waals surface area (Å²) < 4.78 is 16.0. The van der Waals surface area contributed by atoms with Crippen LogP contribution in [0.15, 0.2) is 42.5 Å². The van der Waals surface area contributed by atoms with Gasteiger partial charge >= 0.3 is 0 Å². The van der Waals surface area contributed by atoms with Crippen LogP contribution in [-0.2, 0) is 17.8 Å². The minimum atomic E-state index is -0.0441. The van der Waals surface area contributed by atoms with Crippen LogP contribution in [0.3, 0.4) is 0 Å². The van der Waals surface area contributed by atoms with Crippen LogP contribution in [0.25, 0.3) is 0 Å². The van der Waals surface area contributed by atoms with Gasteiger partial charge in [-0.15, -0.1) is 0 Å². The Balaban J connectivity index is 1.85. The monoisotopic (exact) mass is 372 g/mol. The molecule has 0 atom stereocenters. The van der Waals surface area contributed by atoms with Crippen molar-refractivity contribution in [2.24, 2.45) is 0 Å². The number of ether oxygens (including phenoxy) is 3. The van der Waals surface area contributed by atoms with Crippen molar-refractivity contribution in [2.45, 2.75) is 13.0 Å². The third-order valence-corrected chi connectivity index (χ3v) is 4.20. The maximum atomic E-state index is 12.3. The molecule has 0 aliphatic rings. The third kappa shape index (κ3) is 6.18. The van der Waals surface area contributed by atoms with E-state index >= 15 is 0 Å². The molecule has 0 saturated heterocycles. The number of carbonyl (C=O) groups is 1. The maximum Gasteiger partial charge on any atom is 0.224 e. The van der Waals surface area contributed by atoms with Crippen LogP contribution in [0.5, 0.6) is 17.2 Å². The second-order valence-electron chi connectivity index (χ2n) is 6.28. The molecule has 2 rings (SSSR count). The normalized spacial score (nSPS) is 10.6. The zero-order valence-corrected chi connectivity index (χ0v) is 16.5. The zero-order valence-electron chi connectivity index (χ0n) is 16.5. The van der Waals surface area contributed by atoms with E-state index in [1.54, 1.807) is 33.5 Å². The van der Waals surface area contributed by atoms with Crippen molar-refractivity contribution in [3.8, 4) is 17.2 Å². The van der Waals surface area contributed by atoms with Crippen LogP contribution in [-0.4, -0.2) is 52.3 Å². The number of nitrogens with zero attached hydrogens (tertiary/aromatic N) is 1. The van der Waals surface area contributed by atoms with Gasteiger partial charge in [0.05, 0.1) is 27.8 Å². The first kappa shape index (κ1) is 20.6. The van der Waals surface area contributed by atoms with Gasteiger partial charge < -0.3 is 24.4 Å². The number of nitrogens with one attached hydrogen (secondary N) is 1. The van der Waals surface area contributed by atoms with Gasteiger partial charge in [-0.3, -0.25) is 4.79 Å². The van der Waals surface area contributed by atoms with Crippen molar-refractivity contribution in [2.75, 3.05) is 41.5 Å². The molecule has 0 bridgehead atoms. The van der Waals surface area contributed by atoms with Crippen LogP contribution in [0.1, 0.15) is 11.1 Å². The summed E-state index contributed by atoms with van der Waals surface area (Å²) >= 11 is 0. The summed E-state index contributed by atoms with van der Waals surface area (Å²) in [7, 11) is 6.71. The molecule has 146 valence electrons. The highest BCUT2D eigenvalue weighted by Crippen LogP contribution is 2.38. The van der Waals surface area contributed by atoms with Crippen molar-refractivity contribution in [1.29, 1.82) is 0 Å². The van der Waals surface area contributed by atoms with Crippen molar-refractivity contribution < 1.29 is 19.0 Å². The van der Waals surface area contributed by atoms with Crippen molar-refractivity contribution in [1.82, 2.24) is 10.2 Å². The number of hydrogen-bond acceptors (Lipinski definition) is 5. The molecule has 0 aromatic heterocycles. The van der Waals surface area contributed by atoms with E-state index in [1.165, 1.54) is 5.56 Å². The summed E-state index contributed by atoms with van der Waals surface area (Å²) in [5.41, 5.74) is 2.06. The topological polar surface area (TPSA) is 60.0 Å². The van der Waals surface area contributed by atoms with Gasteiger partial charge in [0, 0.05) is 19.6 Å². The fourth-order valence-corrected chi connectivity index (χ4v) is 2.85. The molecule has 6 heteroatoms. The van der Waals surface area contributed by atoms with Gasteiger partial charge in [-0.1, -0.05) is 30.3 Å². The van der Waals surface area contributed by atoms with Crippen LogP contribution in [0.4, 0.5) is 0 Å². The Morgan fingerprint density at radius 2 is 1.59 bits per heavy atom. The van der Waals surface area contributed by atoms with Crippen molar-refractivity contribution >= 4 is 5.91 Å². The lowest BCUT2D eigenvalue weighted by Crippen LogP contribution is -2.33. The molecule has 0 fully saturated rings. The van der Waals surface area contributed by atoms with Gasteiger partial charge in [0.1, 0.15) is 0 Å². The highest BCUT2D eigenvalue weighted by molar-refractivity contribution is 5.79. The zero-order chi connectivity index (χ0) is 19.6. The summed E-state index contributed by atoms with van der Waals surface area (Å²) in [5, 5.41) is 2.96. The molecular weight excluding hydrogens is 344 g/mol. The third-order valence-electron chi connectivity index (χ3n) is 4.20. The summed E-state index contributed by atoms with van der Waals surface area (Å²) in [6.07, 6.45) is 0.249. The Hall–Kier alpha value is -2.73. The Morgan fingerprint density at radius 3 is 2.15 bits per heavy atom. The second-order valence-corrected chi connectivity index (χ2v) is 6.28. The van der Waals surface area contributed by atoms with E-state index in [0.29, 0.717) is 23.8 Å². The number of methoxy groups -OCH3 is 3. The van der Waals surface area contributed by atoms with E-state index < -0.39 is 0 Å². The number of benzene rings is 2. The van der Waals surface area contributed by atoms with Gasteiger partial charge in [0.25, 0.3) is 0 Å². The SMILES string of the molecule is COc1cc(CC(=O)NCCN(C)Cc2ccccc2)cc(OC)c1OC. The molecule has 0 unspecified atom stereocenters. The molecule has 0 spiro atoms. The summed E-state index contributed by atoms with van der Waals surface area (Å²) in [4.78, 5) is 14.4. The molecule has 1 amide bonds. The number of hydrogen-bond donors (Lipinski definition) is 1. The van der Waals surface area contributed by atoms with Crippen LogP contribution in [0.2, 0.25) is 0 Å². The van der Waals surface area contributed by atoms with Gasteiger partial charge in [-0.25, -0.2) is 0 Å². The fourth-order valence-electron chi connectivity index (χ4n) is 2.85. The molecule has 1 N–H and O–H groups in total. The molecule has 2 aromatic rings. The first-order valence-electron chi connectivity index (χ1n) is 8.85. The van der Waals surface area contributed by atoms with E-state index in [-0.39, 0.29) is 12.3 Å². The molecule has 6 nitrogen and oxygen atoms in total. The maximum absolute atomic E-state index is 12.3. The number of carbonyl (C=O) groups excluding carboxylic acids is 1. The van der Waals surface area contributed by atoms with Gasteiger partial charge in [-0.05, 0) is 30.3 Å². The quantitative estimate of drug-likeness (QED) is 0.694. The molecular formula is C21H28N2O4. The van der Waals surface area contributed by atoms with Gasteiger partial charge in [0.15, 0.2) is 11.5 Å².